The van der Waals surface area contributed by atoms with E-state index < -0.39 is 23.3 Å². The molecule has 0 unspecified atom stereocenters. The quantitative estimate of drug-likeness (QED) is 0.762. The van der Waals surface area contributed by atoms with Gasteiger partial charge in [0.15, 0.2) is 11.8 Å². The number of carbonyl (C=O) groups excluding carboxylic acids is 2. The molecule has 0 bridgehead atoms. The first-order valence-corrected chi connectivity index (χ1v) is 7.68. The molecule has 0 aliphatic carbocycles. The zero-order valence-electron chi connectivity index (χ0n) is 13.0. The molecule has 0 saturated carbocycles. The number of rotatable bonds is 4. The Bertz CT molecular complexity index is 814. The minimum Gasteiger partial charge on any atom is -0.347 e. The fourth-order valence-electron chi connectivity index (χ4n) is 2.11. The van der Waals surface area contributed by atoms with E-state index >= 15 is 0 Å². The normalized spacial score (nSPS) is 11.8. The molecule has 2 aromatic rings. The van der Waals surface area contributed by atoms with Crippen molar-refractivity contribution < 1.29 is 9.59 Å². The van der Waals surface area contributed by atoms with Gasteiger partial charge in [0.05, 0.1) is 5.69 Å². The number of likely N-dealkylation sites (N-methyl/N-ethyl adjacent to an activating group) is 1. The molecule has 2 rings (SSSR count). The van der Waals surface area contributed by atoms with Gasteiger partial charge in [0.25, 0.3) is 11.5 Å². The Kier molecular flexibility index (Phi) is 5.10. The Hall–Kier alpha value is -2.28. The average molecular weight is 378 g/mol. The van der Waals surface area contributed by atoms with Crippen molar-refractivity contribution in [3.63, 3.8) is 0 Å². The summed E-state index contributed by atoms with van der Waals surface area (Å²) in [5.74, 6) is -0.928. The highest BCUT2D eigenvalue weighted by Crippen LogP contribution is 2.21. The molecule has 120 valence electrons. The predicted molar refractivity (Wildman–Crippen MR) is 90.0 cm³/mol. The van der Waals surface area contributed by atoms with Crippen LogP contribution in [-0.2, 0) is 9.59 Å². The molecule has 7 heteroatoms. The van der Waals surface area contributed by atoms with Crippen molar-refractivity contribution in [1.29, 1.82) is 0 Å². The Morgan fingerprint density at radius 3 is 2.48 bits per heavy atom. The van der Waals surface area contributed by atoms with Crippen LogP contribution in [0.1, 0.15) is 13.0 Å². The van der Waals surface area contributed by atoms with Crippen LogP contribution in [0.4, 0.5) is 0 Å². The van der Waals surface area contributed by atoms with Gasteiger partial charge in [0, 0.05) is 30.2 Å². The Balaban J connectivity index is 2.58. The number of carbonyl (C=O) groups is 2. The number of hydrogen-bond donors (Lipinski definition) is 0. The summed E-state index contributed by atoms with van der Waals surface area (Å²) in [4.78, 5) is 37.5. The summed E-state index contributed by atoms with van der Waals surface area (Å²) in [6.45, 7) is 1.27. The van der Waals surface area contributed by atoms with Gasteiger partial charge < -0.3 is 4.90 Å². The van der Waals surface area contributed by atoms with Crippen molar-refractivity contribution >= 4 is 27.6 Å². The summed E-state index contributed by atoms with van der Waals surface area (Å²) in [5.41, 5.74) is 0.774. The molecule has 0 aliphatic heterocycles. The van der Waals surface area contributed by atoms with E-state index in [-0.39, 0.29) is 0 Å². The molecule has 1 aromatic heterocycles. The zero-order valence-corrected chi connectivity index (χ0v) is 14.6. The van der Waals surface area contributed by atoms with Crippen LogP contribution in [0.25, 0.3) is 11.3 Å². The maximum Gasteiger partial charge on any atom is 0.267 e. The maximum absolute atomic E-state index is 12.2. The molecule has 0 spiro atoms. The molecule has 1 heterocycles. The first-order chi connectivity index (χ1) is 10.8. The van der Waals surface area contributed by atoms with Crippen LogP contribution in [0, 0.1) is 0 Å². The summed E-state index contributed by atoms with van der Waals surface area (Å²) in [5, 5.41) is 4.22. The van der Waals surface area contributed by atoms with Gasteiger partial charge in [0.2, 0.25) is 0 Å². The van der Waals surface area contributed by atoms with Crippen molar-refractivity contribution in [1.82, 2.24) is 14.7 Å². The van der Waals surface area contributed by atoms with E-state index in [9.17, 15) is 14.4 Å². The summed E-state index contributed by atoms with van der Waals surface area (Å²) in [6, 6.07) is 8.99. The van der Waals surface area contributed by atoms with E-state index in [4.69, 9.17) is 0 Å². The topological polar surface area (TPSA) is 72.3 Å². The van der Waals surface area contributed by atoms with E-state index in [0.29, 0.717) is 5.69 Å². The van der Waals surface area contributed by atoms with Crippen molar-refractivity contribution in [2.45, 2.75) is 13.0 Å². The molecule has 23 heavy (non-hydrogen) atoms. The number of hydrogen-bond acceptors (Lipinski definition) is 4. The first-order valence-electron chi connectivity index (χ1n) is 6.88. The molecule has 0 radical (unpaired) electrons. The van der Waals surface area contributed by atoms with Gasteiger partial charge in [0.1, 0.15) is 0 Å². The van der Waals surface area contributed by atoms with Gasteiger partial charge in [-0.3, -0.25) is 14.4 Å². The van der Waals surface area contributed by atoms with Crippen LogP contribution in [0.15, 0.2) is 45.7 Å². The summed E-state index contributed by atoms with van der Waals surface area (Å²) in [6.07, 6.45) is 0. The van der Waals surface area contributed by atoms with Crippen LogP contribution < -0.4 is 5.56 Å². The summed E-state index contributed by atoms with van der Waals surface area (Å²) < 4.78 is 1.81. The summed E-state index contributed by atoms with van der Waals surface area (Å²) >= 11 is 3.38. The van der Waals surface area contributed by atoms with Gasteiger partial charge in [-0.15, -0.1) is 0 Å². The van der Waals surface area contributed by atoms with Crippen molar-refractivity contribution in [2.24, 2.45) is 0 Å². The third-order valence-corrected chi connectivity index (χ3v) is 3.74. The Morgan fingerprint density at radius 2 is 1.91 bits per heavy atom. The van der Waals surface area contributed by atoms with Crippen LogP contribution in [0.2, 0.25) is 0 Å². The second kappa shape index (κ2) is 6.87. The van der Waals surface area contributed by atoms with Crippen LogP contribution in [0.3, 0.4) is 0 Å². The molecule has 1 amide bonds. The molecule has 0 N–H and O–H groups in total. The Labute approximate surface area is 141 Å². The van der Waals surface area contributed by atoms with E-state index in [1.165, 1.54) is 32.0 Å². The highest BCUT2D eigenvalue weighted by molar-refractivity contribution is 9.10. The van der Waals surface area contributed by atoms with Gasteiger partial charge in [-0.2, -0.15) is 5.10 Å². The van der Waals surface area contributed by atoms with Gasteiger partial charge >= 0.3 is 0 Å². The van der Waals surface area contributed by atoms with E-state index in [1.54, 1.807) is 6.07 Å². The SMILES string of the molecule is CC(=O)[C@H](C(=O)N(C)C)n1nc(-c2cccc(Br)c2)ccc1=O. The number of amides is 1. The van der Waals surface area contributed by atoms with Gasteiger partial charge in [-0.1, -0.05) is 28.1 Å². The van der Waals surface area contributed by atoms with Crippen molar-refractivity contribution in [3.05, 3.63) is 51.2 Å². The smallest absolute Gasteiger partial charge is 0.267 e. The number of halogens is 1. The van der Waals surface area contributed by atoms with Crippen LogP contribution >= 0.6 is 15.9 Å². The fourth-order valence-corrected chi connectivity index (χ4v) is 2.51. The third-order valence-electron chi connectivity index (χ3n) is 3.25. The Morgan fingerprint density at radius 1 is 1.22 bits per heavy atom. The zero-order chi connectivity index (χ0) is 17.1. The number of aromatic nitrogens is 2. The van der Waals surface area contributed by atoms with Crippen LogP contribution in [0.5, 0.6) is 0 Å². The van der Waals surface area contributed by atoms with Crippen molar-refractivity contribution in [3.8, 4) is 11.3 Å². The third kappa shape index (κ3) is 3.73. The number of nitrogens with zero attached hydrogens (tertiary/aromatic N) is 3. The fraction of sp³-hybridized carbons (Fsp3) is 0.250. The molecular weight excluding hydrogens is 362 g/mol. The van der Waals surface area contributed by atoms with E-state index in [2.05, 4.69) is 21.0 Å². The minimum atomic E-state index is -1.26. The standard InChI is InChI=1S/C16H16BrN3O3/c1-10(21)15(16(23)19(2)3)20-14(22)8-7-13(18-20)11-5-4-6-12(17)9-11/h4-9,15H,1-3H3/t15-/m1/s1. The molecule has 0 fully saturated rings. The van der Waals surface area contributed by atoms with E-state index in [0.717, 1.165) is 14.7 Å². The lowest BCUT2D eigenvalue weighted by atomic mass is 10.1. The molecule has 1 atom stereocenters. The lowest BCUT2D eigenvalue weighted by molar-refractivity contribution is -0.138. The number of ketones is 1. The second-order valence-corrected chi connectivity index (χ2v) is 6.17. The highest BCUT2D eigenvalue weighted by atomic mass is 79.9. The molecule has 0 saturated heterocycles. The summed E-state index contributed by atoms with van der Waals surface area (Å²) in [7, 11) is 3.06. The monoisotopic (exact) mass is 377 g/mol. The first kappa shape index (κ1) is 17.1. The van der Waals surface area contributed by atoms with Crippen LogP contribution in [-0.4, -0.2) is 40.5 Å². The maximum atomic E-state index is 12.2. The highest BCUT2D eigenvalue weighted by Gasteiger charge is 2.29. The minimum absolute atomic E-state index is 0.440. The molecule has 1 aromatic carbocycles. The molecule has 0 aliphatic rings. The number of Topliss-reactive ketones (excluding diaryl/α,β-unsaturated/α-hetero) is 1. The molecule has 6 nitrogen and oxygen atoms in total. The van der Waals surface area contributed by atoms with Gasteiger partial charge in [-0.25, -0.2) is 4.68 Å². The lowest BCUT2D eigenvalue weighted by Crippen LogP contribution is -2.41. The predicted octanol–water partition coefficient (Wildman–Crippen LogP) is 1.89. The second-order valence-electron chi connectivity index (χ2n) is 5.26. The average Bonchev–Trinajstić information content (AvgIpc) is 2.48. The van der Waals surface area contributed by atoms with E-state index in [1.807, 2.05) is 24.3 Å². The van der Waals surface area contributed by atoms with Gasteiger partial charge in [-0.05, 0) is 25.1 Å². The van der Waals surface area contributed by atoms with Crippen molar-refractivity contribution in [2.75, 3.05) is 14.1 Å². The lowest BCUT2D eigenvalue weighted by Gasteiger charge is -2.19. The largest absolute Gasteiger partial charge is 0.347 e. The number of benzene rings is 1. The molecular formula is C16H16BrN3O3.